The van der Waals surface area contributed by atoms with Crippen molar-refractivity contribution in [1.29, 1.82) is 0 Å². The summed E-state index contributed by atoms with van der Waals surface area (Å²) in [6, 6.07) is 10.3. The van der Waals surface area contributed by atoms with Gasteiger partial charge in [-0.1, -0.05) is 30.3 Å². The molecule has 0 saturated carbocycles. The van der Waals surface area contributed by atoms with Crippen LogP contribution in [0.1, 0.15) is 5.56 Å². The Morgan fingerprint density at radius 3 is 2.88 bits per heavy atom. The summed E-state index contributed by atoms with van der Waals surface area (Å²) in [6.45, 7) is 3.46. The standard InChI is InChI=1S/C13H20N2O2/c14-8-12(16)13-10-15(6-7-17-13)9-11-4-2-1-3-5-11/h1-5,12-13,16H,6-10,14H2. The second-order valence-electron chi connectivity index (χ2n) is 4.43. The third-order valence-corrected chi connectivity index (χ3v) is 3.10. The fraction of sp³-hybridized carbons (Fsp3) is 0.538. The number of nitrogens with zero attached hydrogens (tertiary/aromatic N) is 1. The Morgan fingerprint density at radius 1 is 1.41 bits per heavy atom. The molecule has 2 atom stereocenters. The van der Waals surface area contributed by atoms with E-state index in [1.165, 1.54) is 5.56 Å². The molecule has 1 aromatic carbocycles. The molecule has 17 heavy (non-hydrogen) atoms. The minimum atomic E-state index is -0.562. The molecule has 3 N–H and O–H groups in total. The summed E-state index contributed by atoms with van der Waals surface area (Å²) in [7, 11) is 0. The molecular weight excluding hydrogens is 216 g/mol. The molecule has 4 heteroatoms. The van der Waals surface area contributed by atoms with E-state index in [0.29, 0.717) is 6.61 Å². The number of hydrogen-bond donors (Lipinski definition) is 2. The third kappa shape index (κ3) is 3.51. The van der Waals surface area contributed by atoms with Gasteiger partial charge in [0, 0.05) is 26.2 Å². The Kier molecular flexibility index (Phi) is 4.50. The van der Waals surface area contributed by atoms with E-state index in [-0.39, 0.29) is 12.6 Å². The van der Waals surface area contributed by atoms with Crippen molar-refractivity contribution in [3.05, 3.63) is 35.9 Å². The lowest BCUT2D eigenvalue weighted by molar-refractivity contribution is -0.0871. The molecule has 0 aliphatic carbocycles. The van der Waals surface area contributed by atoms with Crippen LogP contribution in [0.3, 0.4) is 0 Å². The molecule has 0 amide bonds. The molecule has 1 saturated heterocycles. The molecule has 1 aliphatic heterocycles. The molecule has 2 unspecified atom stereocenters. The number of aliphatic hydroxyl groups is 1. The molecule has 1 aliphatic rings. The van der Waals surface area contributed by atoms with Gasteiger partial charge in [0.1, 0.15) is 0 Å². The van der Waals surface area contributed by atoms with Crippen LogP contribution < -0.4 is 5.73 Å². The highest BCUT2D eigenvalue weighted by Gasteiger charge is 2.25. The molecular formula is C13H20N2O2. The highest BCUT2D eigenvalue weighted by atomic mass is 16.5. The van der Waals surface area contributed by atoms with E-state index in [0.717, 1.165) is 19.6 Å². The summed E-state index contributed by atoms with van der Waals surface area (Å²) >= 11 is 0. The molecule has 0 radical (unpaired) electrons. The molecule has 1 fully saturated rings. The zero-order chi connectivity index (χ0) is 12.1. The van der Waals surface area contributed by atoms with Gasteiger partial charge in [0.2, 0.25) is 0 Å². The van der Waals surface area contributed by atoms with Crippen LogP contribution in [0, 0.1) is 0 Å². The molecule has 94 valence electrons. The van der Waals surface area contributed by atoms with Crippen molar-refractivity contribution in [2.75, 3.05) is 26.2 Å². The zero-order valence-corrected chi connectivity index (χ0v) is 9.96. The summed E-state index contributed by atoms with van der Waals surface area (Å²) in [4.78, 5) is 2.29. The Hall–Kier alpha value is -0.940. The van der Waals surface area contributed by atoms with Gasteiger partial charge >= 0.3 is 0 Å². The van der Waals surface area contributed by atoms with E-state index in [1.807, 2.05) is 18.2 Å². The van der Waals surface area contributed by atoms with Crippen LogP contribution in [0.5, 0.6) is 0 Å². The number of aliphatic hydroxyl groups excluding tert-OH is 1. The van der Waals surface area contributed by atoms with Crippen molar-refractivity contribution in [1.82, 2.24) is 4.90 Å². The minimum Gasteiger partial charge on any atom is -0.389 e. The summed E-state index contributed by atoms with van der Waals surface area (Å²) in [5.74, 6) is 0. The van der Waals surface area contributed by atoms with Crippen LogP contribution in [0.2, 0.25) is 0 Å². The Bertz CT molecular complexity index is 331. The average molecular weight is 236 g/mol. The van der Waals surface area contributed by atoms with Gasteiger partial charge in [0.25, 0.3) is 0 Å². The van der Waals surface area contributed by atoms with Gasteiger partial charge < -0.3 is 15.6 Å². The normalized spacial score (nSPS) is 23.5. The molecule has 0 aromatic heterocycles. The van der Waals surface area contributed by atoms with Gasteiger partial charge in [-0.15, -0.1) is 0 Å². The molecule has 0 spiro atoms. The van der Waals surface area contributed by atoms with Gasteiger partial charge in [-0.3, -0.25) is 4.90 Å². The molecule has 2 rings (SSSR count). The van der Waals surface area contributed by atoms with E-state index < -0.39 is 6.10 Å². The maximum Gasteiger partial charge on any atom is 0.0973 e. The third-order valence-electron chi connectivity index (χ3n) is 3.10. The van der Waals surface area contributed by atoms with Crippen molar-refractivity contribution < 1.29 is 9.84 Å². The zero-order valence-electron chi connectivity index (χ0n) is 9.96. The van der Waals surface area contributed by atoms with E-state index in [2.05, 4.69) is 17.0 Å². The highest BCUT2D eigenvalue weighted by molar-refractivity contribution is 5.14. The number of benzene rings is 1. The maximum absolute atomic E-state index is 9.69. The lowest BCUT2D eigenvalue weighted by Crippen LogP contribution is -2.49. The lowest BCUT2D eigenvalue weighted by Gasteiger charge is -2.34. The molecule has 1 heterocycles. The Balaban J connectivity index is 1.89. The predicted octanol–water partition coefficient (Wildman–Crippen LogP) is 0.207. The summed E-state index contributed by atoms with van der Waals surface area (Å²) in [5.41, 5.74) is 6.74. The van der Waals surface area contributed by atoms with E-state index >= 15 is 0 Å². The van der Waals surface area contributed by atoms with Crippen LogP contribution >= 0.6 is 0 Å². The van der Waals surface area contributed by atoms with Crippen LogP contribution in [0.25, 0.3) is 0 Å². The van der Waals surface area contributed by atoms with Gasteiger partial charge in [0.05, 0.1) is 18.8 Å². The average Bonchev–Trinajstić information content (AvgIpc) is 2.39. The van der Waals surface area contributed by atoms with Gasteiger partial charge in [-0.05, 0) is 5.56 Å². The van der Waals surface area contributed by atoms with Gasteiger partial charge in [0.15, 0.2) is 0 Å². The fourth-order valence-electron chi connectivity index (χ4n) is 2.10. The smallest absolute Gasteiger partial charge is 0.0973 e. The highest BCUT2D eigenvalue weighted by Crippen LogP contribution is 2.12. The van der Waals surface area contributed by atoms with E-state index in [9.17, 15) is 5.11 Å². The van der Waals surface area contributed by atoms with Gasteiger partial charge in [-0.25, -0.2) is 0 Å². The van der Waals surface area contributed by atoms with Crippen molar-refractivity contribution in [2.24, 2.45) is 5.73 Å². The second-order valence-corrected chi connectivity index (χ2v) is 4.43. The predicted molar refractivity (Wildman–Crippen MR) is 66.5 cm³/mol. The number of morpholine rings is 1. The first-order valence-corrected chi connectivity index (χ1v) is 6.05. The monoisotopic (exact) mass is 236 g/mol. The maximum atomic E-state index is 9.69. The Morgan fingerprint density at radius 2 is 2.18 bits per heavy atom. The van der Waals surface area contributed by atoms with E-state index in [1.54, 1.807) is 0 Å². The summed E-state index contributed by atoms with van der Waals surface area (Å²) < 4.78 is 5.53. The SMILES string of the molecule is NCC(O)C1CN(Cc2ccccc2)CCO1. The topological polar surface area (TPSA) is 58.7 Å². The quantitative estimate of drug-likeness (QED) is 0.784. The first-order chi connectivity index (χ1) is 8.29. The number of rotatable bonds is 4. The fourth-order valence-corrected chi connectivity index (χ4v) is 2.10. The molecule has 4 nitrogen and oxygen atoms in total. The van der Waals surface area contributed by atoms with Crippen LogP contribution in [0.15, 0.2) is 30.3 Å². The molecule has 1 aromatic rings. The number of nitrogens with two attached hydrogens (primary N) is 1. The van der Waals surface area contributed by atoms with Crippen LogP contribution in [0.4, 0.5) is 0 Å². The van der Waals surface area contributed by atoms with Crippen LogP contribution in [-0.2, 0) is 11.3 Å². The largest absolute Gasteiger partial charge is 0.389 e. The van der Waals surface area contributed by atoms with Crippen molar-refractivity contribution in [2.45, 2.75) is 18.8 Å². The number of ether oxygens (including phenoxy) is 1. The van der Waals surface area contributed by atoms with Crippen molar-refractivity contribution >= 4 is 0 Å². The van der Waals surface area contributed by atoms with E-state index in [4.69, 9.17) is 10.5 Å². The molecule has 0 bridgehead atoms. The minimum absolute atomic E-state index is 0.155. The lowest BCUT2D eigenvalue weighted by atomic mass is 10.1. The first kappa shape index (κ1) is 12.5. The first-order valence-electron chi connectivity index (χ1n) is 6.05. The van der Waals surface area contributed by atoms with Crippen LogP contribution in [-0.4, -0.2) is 48.5 Å². The second kappa shape index (κ2) is 6.12. The van der Waals surface area contributed by atoms with Gasteiger partial charge in [-0.2, -0.15) is 0 Å². The van der Waals surface area contributed by atoms with Crippen molar-refractivity contribution in [3.8, 4) is 0 Å². The number of hydrogen-bond acceptors (Lipinski definition) is 4. The Labute approximate surface area is 102 Å². The van der Waals surface area contributed by atoms with Crippen molar-refractivity contribution in [3.63, 3.8) is 0 Å². The summed E-state index contributed by atoms with van der Waals surface area (Å²) in [6.07, 6.45) is -0.717. The summed E-state index contributed by atoms with van der Waals surface area (Å²) in [5, 5.41) is 9.69.